The van der Waals surface area contributed by atoms with Crippen LogP contribution in [0.1, 0.15) is 11.4 Å². The minimum atomic E-state index is 0.494. The van der Waals surface area contributed by atoms with Crippen LogP contribution >= 0.6 is 0 Å². The van der Waals surface area contributed by atoms with Crippen LogP contribution in [0.2, 0.25) is 0 Å². The van der Waals surface area contributed by atoms with Gasteiger partial charge in [0.2, 0.25) is 0 Å². The summed E-state index contributed by atoms with van der Waals surface area (Å²) in [7, 11) is 1.88. The van der Waals surface area contributed by atoms with Gasteiger partial charge in [0.25, 0.3) is 5.89 Å². The number of aryl methyl sites for hydroxylation is 3. The zero-order valence-corrected chi connectivity index (χ0v) is 13.8. The van der Waals surface area contributed by atoms with Gasteiger partial charge in [-0.3, -0.25) is 9.67 Å². The summed E-state index contributed by atoms with van der Waals surface area (Å²) >= 11 is 0. The lowest BCUT2D eigenvalue weighted by molar-refractivity contribution is 0.422. The molecule has 0 saturated carbocycles. The fourth-order valence-corrected chi connectivity index (χ4v) is 2.62. The fraction of sp³-hybridized carbons (Fsp3) is 0.158. The van der Waals surface area contributed by atoms with Gasteiger partial charge in [0.1, 0.15) is 0 Å². The van der Waals surface area contributed by atoms with Gasteiger partial charge in [0.15, 0.2) is 5.82 Å². The van der Waals surface area contributed by atoms with Crippen LogP contribution in [0.5, 0.6) is 0 Å². The molecule has 0 bridgehead atoms. The summed E-state index contributed by atoms with van der Waals surface area (Å²) in [5, 5.41) is 8.22. The Morgan fingerprint density at radius 3 is 2.56 bits per heavy atom. The van der Waals surface area contributed by atoms with Crippen molar-refractivity contribution in [2.24, 2.45) is 7.05 Å². The zero-order valence-electron chi connectivity index (χ0n) is 13.8. The van der Waals surface area contributed by atoms with Crippen molar-refractivity contribution in [3.8, 4) is 22.7 Å². The van der Waals surface area contributed by atoms with E-state index in [0.29, 0.717) is 11.7 Å². The second-order valence-electron chi connectivity index (χ2n) is 5.84. The van der Waals surface area contributed by atoms with E-state index in [-0.39, 0.29) is 0 Å². The van der Waals surface area contributed by atoms with E-state index in [1.807, 2.05) is 43.6 Å². The van der Waals surface area contributed by atoms with E-state index in [9.17, 15) is 0 Å². The van der Waals surface area contributed by atoms with Crippen LogP contribution in [0.15, 0.2) is 65.6 Å². The van der Waals surface area contributed by atoms with E-state index in [2.05, 4.69) is 32.4 Å². The van der Waals surface area contributed by atoms with Crippen LogP contribution < -0.4 is 0 Å². The van der Waals surface area contributed by atoms with Gasteiger partial charge in [-0.15, -0.1) is 0 Å². The lowest BCUT2D eigenvalue weighted by Gasteiger charge is -1.98. The van der Waals surface area contributed by atoms with Crippen molar-refractivity contribution in [1.29, 1.82) is 0 Å². The van der Waals surface area contributed by atoms with Crippen molar-refractivity contribution < 1.29 is 4.52 Å². The lowest BCUT2D eigenvalue weighted by atomic mass is 10.1. The van der Waals surface area contributed by atoms with E-state index in [4.69, 9.17) is 4.52 Å². The average Bonchev–Trinajstić information content (AvgIpc) is 3.30. The van der Waals surface area contributed by atoms with E-state index in [1.54, 1.807) is 17.1 Å². The van der Waals surface area contributed by atoms with Gasteiger partial charge in [-0.2, -0.15) is 10.1 Å². The maximum atomic E-state index is 5.37. The molecule has 0 amide bonds. The topological polar surface area (TPSA) is 69.6 Å². The second-order valence-corrected chi connectivity index (χ2v) is 5.84. The van der Waals surface area contributed by atoms with Crippen molar-refractivity contribution >= 4 is 0 Å². The van der Waals surface area contributed by atoms with Gasteiger partial charge >= 0.3 is 0 Å². The highest BCUT2D eigenvalue weighted by atomic mass is 16.5. The smallest absolute Gasteiger partial charge is 0.259 e. The summed E-state index contributed by atoms with van der Waals surface area (Å²) in [4.78, 5) is 8.93. The lowest BCUT2D eigenvalue weighted by Crippen LogP contribution is -1.93. The highest BCUT2D eigenvalue weighted by Gasteiger charge is 2.10. The molecule has 4 aromatic rings. The molecule has 3 aromatic heterocycles. The monoisotopic (exact) mass is 331 g/mol. The summed E-state index contributed by atoms with van der Waals surface area (Å²) in [5.41, 5.74) is 3.91. The van der Waals surface area contributed by atoms with E-state index in [1.165, 1.54) is 5.56 Å². The van der Waals surface area contributed by atoms with Gasteiger partial charge in [0.05, 0.1) is 17.5 Å². The molecule has 0 aliphatic heterocycles. The van der Waals surface area contributed by atoms with Crippen molar-refractivity contribution in [3.63, 3.8) is 0 Å². The predicted octanol–water partition coefficient (Wildman–Crippen LogP) is 3.32. The maximum absolute atomic E-state index is 5.37. The largest absolute Gasteiger partial charge is 0.334 e. The Labute approximate surface area is 145 Å². The molecule has 4 rings (SSSR count). The van der Waals surface area contributed by atoms with Crippen LogP contribution in [0.3, 0.4) is 0 Å². The number of pyridine rings is 1. The van der Waals surface area contributed by atoms with Gasteiger partial charge in [-0.25, -0.2) is 0 Å². The van der Waals surface area contributed by atoms with Crippen molar-refractivity contribution in [2.45, 2.75) is 12.8 Å². The first-order valence-corrected chi connectivity index (χ1v) is 8.10. The predicted molar refractivity (Wildman–Crippen MR) is 93.6 cm³/mol. The highest BCUT2D eigenvalue weighted by molar-refractivity contribution is 5.61. The van der Waals surface area contributed by atoms with Gasteiger partial charge in [0, 0.05) is 31.4 Å². The number of nitrogens with zero attached hydrogens (tertiary/aromatic N) is 5. The Morgan fingerprint density at radius 2 is 1.84 bits per heavy atom. The first-order chi connectivity index (χ1) is 12.3. The molecule has 0 aliphatic carbocycles. The minimum Gasteiger partial charge on any atom is -0.334 e. The highest BCUT2D eigenvalue weighted by Crippen LogP contribution is 2.21. The Morgan fingerprint density at radius 1 is 0.960 bits per heavy atom. The number of rotatable bonds is 5. The van der Waals surface area contributed by atoms with E-state index >= 15 is 0 Å². The molecule has 1 aromatic carbocycles. The summed E-state index contributed by atoms with van der Waals surface area (Å²) < 4.78 is 7.12. The van der Waals surface area contributed by atoms with Crippen LogP contribution in [0.25, 0.3) is 22.7 Å². The third-order valence-electron chi connectivity index (χ3n) is 3.96. The molecule has 0 fully saturated rings. The molecule has 0 atom stereocenters. The SMILES string of the molecule is Cn1cc(-c2ccc(-c3nc(CCc4ccccc4)no3)cn2)cn1. The maximum Gasteiger partial charge on any atom is 0.259 e. The first kappa shape index (κ1) is 15.3. The molecule has 0 unspecified atom stereocenters. The number of aromatic nitrogens is 5. The Bertz CT molecular complexity index is 957. The molecular weight excluding hydrogens is 314 g/mol. The van der Waals surface area contributed by atoms with Crippen LogP contribution in [-0.4, -0.2) is 24.9 Å². The third kappa shape index (κ3) is 3.47. The molecule has 0 spiro atoms. The third-order valence-corrected chi connectivity index (χ3v) is 3.96. The molecule has 3 heterocycles. The van der Waals surface area contributed by atoms with Crippen LogP contribution in [0, 0.1) is 0 Å². The molecule has 6 heteroatoms. The van der Waals surface area contributed by atoms with E-state index in [0.717, 1.165) is 29.7 Å². The van der Waals surface area contributed by atoms with Gasteiger partial charge in [-0.05, 0) is 24.1 Å². The van der Waals surface area contributed by atoms with Crippen molar-refractivity contribution in [2.75, 3.05) is 0 Å². The quantitative estimate of drug-likeness (QED) is 0.561. The Balaban J connectivity index is 1.46. The standard InChI is InChI=1S/C19H17N5O/c1-24-13-16(12-21-24)17-9-8-15(11-20-17)19-22-18(23-25-19)10-7-14-5-3-2-4-6-14/h2-6,8-9,11-13H,7,10H2,1H3. The molecule has 6 nitrogen and oxygen atoms in total. The summed E-state index contributed by atoms with van der Waals surface area (Å²) in [6, 6.07) is 14.1. The number of hydrogen-bond donors (Lipinski definition) is 0. The fourth-order valence-electron chi connectivity index (χ4n) is 2.62. The number of benzene rings is 1. The average molecular weight is 331 g/mol. The van der Waals surface area contributed by atoms with Crippen LogP contribution in [-0.2, 0) is 19.9 Å². The normalized spacial score (nSPS) is 10.9. The van der Waals surface area contributed by atoms with Gasteiger partial charge < -0.3 is 4.52 Å². The molecule has 25 heavy (non-hydrogen) atoms. The van der Waals surface area contributed by atoms with E-state index < -0.39 is 0 Å². The summed E-state index contributed by atoms with van der Waals surface area (Å²) in [6.45, 7) is 0. The Hall–Kier alpha value is -3.28. The molecule has 0 saturated heterocycles. The second kappa shape index (κ2) is 6.68. The zero-order chi connectivity index (χ0) is 17.1. The molecule has 0 N–H and O–H groups in total. The molecule has 0 radical (unpaired) electrons. The minimum absolute atomic E-state index is 0.494. The van der Waals surface area contributed by atoms with Crippen molar-refractivity contribution in [3.05, 3.63) is 72.4 Å². The van der Waals surface area contributed by atoms with Crippen LogP contribution in [0.4, 0.5) is 0 Å². The molecule has 124 valence electrons. The molecular formula is C19H17N5O. The Kier molecular flexibility index (Phi) is 4.08. The number of hydrogen-bond acceptors (Lipinski definition) is 5. The van der Waals surface area contributed by atoms with Crippen molar-refractivity contribution in [1.82, 2.24) is 24.9 Å². The first-order valence-electron chi connectivity index (χ1n) is 8.10. The summed E-state index contributed by atoms with van der Waals surface area (Å²) in [6.07, 6.45) is 7.09. The van der Waals surface area contributed by atoms with Gasteiger partial charge in [-0.1, -0.05) is 35.5 Å². The summed E-state index contributed by atoms with van der Waals surface area (Å²) in [5.74, 6) is 1.20. The molecule has 0 aliphatic rings.